The number of pyridine rings is 1. The van der Waals surface area contributed by atoms with Gasteiger partial charge in [-0.05, 0) is 56.1 Å². The van der Waals surface area contributed by atoms with E-state index in [0.717, 1.165) is 31.9 Å². The Morgan fingerprint density at radius 2 is 2.09 bits per heavy atom. The first-order valence-electron chi connectivity index (χ1n) is 7.95. The molecule has 0 aliphatic carbocycles. The summed E-state index contributed by atoms with van der Waals surface area (Å²) < 4.78 is 0. The van der Waals surface area contributed by atoms with Crippen LogP contribution in [-0.4, -0.2) is 52.8 Å². The first kappa shape index (κ1) is 14.9. The lowest BCUT2D eigenvalue weighted by molar-refractivity contribution is 0.313. The van der Waals surface area contributed by atoms with E-state index in [-0.39, 0.29) is 0 Å². The minimum Gasteiger partial charge on any atom is -0.351 e. The number of hydrogen-bond acceptors (Lipinski definition) is 5. The SMILES string of the molecule is CN(CCc1ccncc1)C[C@@H]1CCCN1c1cccnn1. The van der Waals surface area contributed by atoms with Crippen LogP contribution in [0.25, 0.3) is 0 Å². The van der Waals surface area contributed by atoms with Crippen LogP contribution < -0.4 is 4.90 Å². The molecule has 5 heteroatoms. The molecule has 0 spiro atoms. The highest BCUT2D eigenvalue weighted by Gasteiger charge is 2.26. The Balaban J connectivity index is 1.53. The van der Waals surface area contributed by atoms with Crippen LogP contribution in [0.4, 0.5) is 5.82 Å². The smallest absolute Gasteiger partial charge is 0.151 e. The highest BCUT2D eigenvalue weighted by molar-refractivity contribution is 5.39. The highest BCUT2D eigenvalue weighted by atomic mass is 15.3. The van der Waals surface area contributed by atoms with Gasteiger partial charge in [-0.25, -0.2) is 0 Å². The monoisotopic (exact) mass is 297 g/mol. The molecule has 0 saturated carbocycles. The lowest BCUT2D eigenvalue weighted by Gasteiger charge is -2.29. The van der Waals surface area contributed by atoms with Crippen molar-refractivity contribution >= 4 is 5.82 Å². The second-order valence-corrected chi connectivity index (χ2v) is 5.94. The van der Waals surface area contributed by atoms with Crippen LogP contribution in [0.2, 0.25) is 0 Å². The van der Waals surface area contributed by atoms with E-state index in [0.29, 0.717) is 6.04 Å². The fourth-order valence-electron chi connectivity index (χ4n) is 3.09. The average molecular weight is 297 g/mol. The maximum Gasteiger partial charge on any atom is 0.151 e. The van der Waals surface area contributed by atoms with Gasteiger partial charge in [-0.2, -0.15) is 5.10 Å². The lowest BCUT2D eigenvalue weighted by atomic mass is 10.1. The van der Waals surface area contributed by atoms with E-state index in [9.17, 15) is 0 Å². The minimum atomic E-state index is 0.541. The molecule has 0 aromatic carbocycles. The standard InChI is InChI=1S/C17H23N5/c1-21(13-8-15-6-10-18-11-7-15)14-16-4-3-12-22(16)17-5-2-9-19-20-17/h2,5-7,9-11,16H,3-4,8,12-14H2,1H3/t16-/m0/s1. The third-order valence-corrected chi connectivity index (χ3v) is 4.28. The first-order chi connectivity index (χ1) is 10.8. The van der Waals surface area contributed by atoms with Crippen molar-refractivity contribution in [1.29, 1.82) is 0 Å². The van der Waals surface area contributed by atoms with Gasteiger partial charge in [-0.1, -0.05) is 0 Å². The van der Waals surface area contributed by atoms with E-state index < -0.39 is 0 Å². The zero-order valence-corrected chi connectivity index (χ0v) is 13.1. The van der Waals surface area contributed by atoms with Crippen LogP contribution in [0, 0.1) is 0 Å². The maximum absolute atomic E-state index is 4.26. The topological polar surface area (TPSA) is 45.2 Å². The van der Waals surface area contributed by atoms with Gasteiger partial charge in [0.25, 0.3) is 0 Å². The molecule has 1 saturated heterocycles. The van der Waals surface area contributed by atoms with Crippen molar-refractivity contribution in [3.8, 4) is 0 Å². The van der Waals surface area contributed by atoms with E-state index in [1.165, 1.54) is 18.4 Å². The summed E-state index contributed by atoms with van der Waals surface area (Å²) in [6, 6.07) is 8.75. The molecule has 1 aliphatic heterocycles. The van der Waals surface area contributed by atoms with E-state index >= 15 is 0 Å². The molecule has 0 unspecified atom stereocenters. The van der Waals surface area contributed by atoms with Gasteiger partial charge < -0.3 is 9.80 Å². The van der Waals surface area contributed by atoms with Crippen molar-refractivity contribution in [2.45, 2.75) is 25.3 Å². The molecule has 3 rings (SSSR count). The van der Waals surface area contributed by atoms with Crippen molar-refractivity contribution in [3.63, 3.8) is 0 Å². The minimum absolute atomic E-state index is 0.541. The van der Waals surface area contributed by atoms with Gasteiger partial charge >= 0.3 is 0 Å². The Hall–Kier alpha value is -2.01. The Labute approximate surface area is 132 Å². The molecule has 3 heterocycles. The fourth-order valence-corrected chi connectivity index (χ4v) is 3.09. The Bertz CT molecular complexity index is 560. The summed E-state index contributed by atoms with van der Waals surface area (Å²) in [7, 11) is 2.20. The molecule has 1 atom stereocenters. The third kappa shape index (κ3) is 3.80. The van der Waals surface area contributed by atoms with Crippen LogP contribution in [0.3, 0.4) is 0 Å². The van der Waals surface area contributed by atoms with E-state index in [1.807, 2.05) is 18.5 Å². The van der Waals surface area contributed by atoms with Crippen molar-refractivity contribution in [3.05, 3.63) is 48.4 Å². The summed E-state index contributed by atoms with van der Waals surface area (Å²) in [6.07, 6.45) is 8.99. The Morgan fingerprint density at radius 1 is 1.23 bits per heavy atom. The number of anilines is 1. The largest absolute Gasteiger partial charge is 0.351 e. The van der Waals surface area contributed by atoms with Crippen molar-refractivity contribution in [1.82, 2.24) is 20.1 Å². The van der Waals surface area contributed by atoms with Crippen LogP contribution in [0.15, 0.2) is 42.9 Å². The van der Waals surface area contributed by atoms with Crippen LogP contribution in [0.1, 0.15) is 18.4 Å². The molecule has 0 bridgehead atoms. The van der Waals surface area contributed by atoms with E-state index in [4.69, 9.17) is 0 Å². The highest BCUT2D eigenvalue weighted by Crippen LogP contribution is 2.23. The summed E-state index contributed by atoms with van der Waals surface area (Å²) in [5.41, 5.74) is 1.35. The molecular weight excluding hydrogens is 274 g/mol. The number of hydrogen-bond donors (Lipinski definition) is 0. The van der Waals surface area contributed by atoms with Gasteiger partial charge in [0.2, 0.25) is 0 Å². The second kappa shape index (κ2) is 7.31. The van der Waals surface area contributed by atoms with Gasteiger partial charge in [-0.3, -0.25) is 4.98 Å². The first-order valence-corrected chi connectivity index (χ1v) is 7.95. The zero-order chi connectivity index (χ0) is 15.2. The molecule has 2 aromatic heterocycles. The van der Waals surface area contributed by atoms with Crippen LogP contribution >= 0.6 is 0 Å². The number of rotatable bonds is 6. The predicted octanol–water partition coefficient (Wildman–Crippen LogP) is 2.01. The van der Waals surface area contributed by atoms with E-state index in [1.54, 1.807) is 6.20 Å². The summed E-state index contributed by atoms with van der Waals surface area (Å²) in [5, 5.41) is 8.27. The summed E-state index contributed by atoms with van der Waals surface area (Å²) >= 11 is 0. The molecule has 1 aliphatic rings. The predicted molar refractivity (Wildman–Crippen MR) is 87.8 cm³/mol. The molecule has 5 nitrogen and oxygen atoms in total. The molecule has 22 heavy (non-hydrogen) atoms. The number of likely N-dealkylation sites (N-methyl/N-ethyl adjacent to an activating group) is 1. The third-order valence-electron chi connectivity index (χ3n) is 4.28. The number of aromatic nitrogens is 3. The van der Waals surface area contributed by atoms with Gasteiger partial charge in [0.1, 0.15) is 0 Å². The number of nitrogens with zero attached hydrogens (tertiary/aromatic N) is 5. The molecule has 0 N–H and O–H groups in total. The molecule has 116 valence electrons. The normalized spacial score (nSPS) is 18.1. The Morgan fingerprint density at radius 3 is 2.86 bits per heavy atom. The van der Waals surface area contributed by atoms with Gasteiger partial charge in [0, 0.05) is 44.3 Å². The summed E-state index contributed by atoms with van der Waals surface area (Å²) in [6.45, 7) is 3.22. The van der Waals surface area contributed by atoms with Crippen molar-refractivity contribution < 1.29 is 0 Å². The van der Waals surface area contributed by atoms with Gasteiger partial charge in [0.15, 0.2) is 5.82 Å². The van der Waals surface area contributed by atoms with Crippen LogP contribution in [0.5, 0.6) is 0 Å². The second-order valence-electron chi connectivity index (χ2n) is 5.94. The van der Waals surface area contributed by atoms with E-state index in [2.05, 4.69) is 50.2 Å². The van der Waals surface area contributed by atoms with Gasteiger partial charge in [-0.15, -0.1) is 5.10 Å². The molecule has 0 amide bonds. The molecule has 1 fully saturated rings. The molecule has 0 radical (unpaired) electrons. The Kier molecular flexibility index (Phi) is 4.96. The summed E-state index contributed by atoms with van der Waals surface area (Å²) in [5.74, 6) is 1.01. The summed E-state index contributed by atoms with van der Waals surface area (Å²) in [4.78, 5) is 8.88. The van der Waals surface area contributed by atoms with Crippen LogP contribution in [-0.2, 0) is 6.42 Å². The average Bonchev–Trinajstić information content (AvgIpc) is 3.03. The molecule has 2 aromatic rings. The fraction of sp³-hybridized carbons (Fsp3) is 0.471. The lowest BCUT2D eigenvalue weighted by Crippen LogP contribution is -2.40. The quantitative estimate of drug-likeness (QED) is 0.816. The van der Waals surface area contributed by atoms with Gasteiger partial charge in [0.05, 0.1) is 0 Å². The van der Waals surface area contributed by atoms with Crippen molar-refractivity contribution in [2.75, 3.05) is 31.6 Å². The maximum atomic E-state index is 4.26. The zero-order valence-electron chi connectivity index (χ0n) is 13.1. The molecular formula is C17H23N5. The van der Waals surface area contributed by atoms with Crippen molar-refractivity contribution in [2.24, 2.45) is 0 Å².